The van der Waals surface area contributed by atoms with Gasteiger partial charge in [0.25, 0.3) is 0 Å². The number of benzene rings is 1. The molecule has 0 aliphatic heterocycles. The van der Waals surface area contributed by atoms with Gasteiger partial charge < -0.3 is 10.1 Å². The summed E-state index contributed by atoms with van der Waals surface area (Å²) >= 11 is 5.71. The highest BCUT2D eigenvalue weighted by atomic mass is 35.5. The summed E-state index contributed by atoms with van der Waals surface area (Å²) in [6.07, 6.45) is 6.19. The number of nitrogens with one attached hydrogen (secondary N) is 1. The molecule has 1 spiro atoms. The van der Waals surface area contributed by atoms with Crippen LogP contribution in [0.4, 0.5) is 4.39 Å². The lowest BCUT2D eigenvalue weighted by Crippen LogP contribution is -2.63. The van der Waals surface area contributed by atoms with Crippen molar-refractivity contribution < 1.29 is 9.13 Å². The highest BCUT2D eigenvalue weighted by Gasteiger charge is 2.57. The van der Waals surface area contributed by atoms with Crippen molar-refractivity contribution in [2.24, 2.45) is 5.41 Å². The van der Waals surface area contributed by atoms with Crippen LogP contribution in [-0.4, -0.2) is 18.7 Å². The van der Waals surface area contributed by atoms with Gasteiger partial charge in [0.05, 0.1) is 5.02 Å². The van der Waals surface area contributed by atoms with E-state index in [1.807, 2.05) is 0 Å². The van der Waals surface area contributed by atoms with Gasteiger partial charge in [-0.25, -0.2) is 4.39 Å². The van der Waals surface area contributed by atoms with Crippen LogP contribution in [0.1, 0.15) is 39.0 Å². The SMILES string of the molecule is CCNC1CC(Oc2ccc(Cl)c(F)c2)C12CCCC2. The van der Waals surface area contributed by atoms with E-state index in [9.17, 15) is 4.39 Å². The van der Waals surface area contributed by atoms with Gasteiger partial charge in [-0.2, -0.15) is 0 Å². The molecular formula is C16H21ClFNO. The first kappa shape index (κ1) is 14.2. The molecule has 1 aromatic carbocycles. The first-order valence-corrected chi connectivity index (χ1v) is 7.88. The van der Waals surface area contributed by atoms with Crippen molar-refractivity contribution in [3.05, 3.63) is 29.0 Å². The molecule has 0 radical (unpaired) electrons. The van der Waals surface area contributed by atoms with Crippen LogP contribution in [0.25, 0.3) is 0 Å². The van der Waals surface area contributed by atoms with E-state index >= 15 is 0 Å². The fourth-order valence-corrected chi connectivity index (χ4v) is 3.98. The molecule has 4 heteroatoms. The molecule has 0 heterocycles. The van der Waals surface area contributed by atoms with E-state index in [0.717, 1.165) is 13.0 Å². The molecule has 0 saturated heterocycles. The Morgan fingerprint density at radius 1 is 1.40 bits per heavy atom. The summed E-state index contributed by atoms with van der Waals surface area (Å²) in [6, 6.07) is 5.27. The Bertz CT molecular complexity index is 487. The summed E-state index contributed by atoms with van der Waals surface area (Å²) in [5, 5.41) is 3.72. The van der Waals surface area contributed by atoms with Crippen molar-refractivity contribution in [2.45, 2.75) is 51.2 Å². The summed E-state index contributed by atoms with van der Waals surface area (Å²) in [5.74, 6) is 0.185. The van der Waals surface area contributed by atoms with Gasteiger partial charge in [0, 0.05) is 23.9 Å². The summed E-state index contributed by atoms with van der Waals surface area (Å²) in [7, 11) is 0. The molecule has 3 rings (SSSR count). The monoisotopic (exact) mass is 297 g/mol. The quantitative estimate of drug-likeness (QED) is 0.900. The molecule has 2 fully saturated rings. The average Bonchev–Trinajstić information content (AvgIpc) is 2.94. The van der Waals surface area contributed by atoms with Gasteiger partial charge in [-0.3, -0.25) is 0 Å². The third-order valence-corrected chi connectivity index (χ3v) is 5.25. The first-order chi connectivity index (χ1) is 9.65. The van der Waals surface area contributed by atoms with Crippen LogP contribution in [0, 0.1) is 11.2 Å². The Balaban J connectivity index is 1.72. The third kappa shape index (κ3) is 2.31. The van der Waals surface area contributed by atoms with Crippen LogP contribution >= 0.6 is 11.6 Å². The first-order valence-electron chi connectivity index (χ1n) is 7.51. The minimum atomic E-state index is -0.410. The Morgan fingerprint density at radius 2 is 2.15 bits per heavy atom. The maximum absolute atomic E-state index is 13.5. The van der Waals surface area contributed by atoms with Crippen LogP contribution in [-0.2, 0) is 0 Å². The molecule has 0 bridgehead atoms. The Hall–Kier alpha value is -0.800. The number of hydrogen-bond acceptors (Lipinski definition) is 2. The lowest BCUT2D eigenvalue weighted by molar-refractivity contribution is -0.0756. The summed E-state index contributed by atoms with van der Waals surface area (Å²) in [4.78, 5) is 0. The highest BCUT2D eigenvalue weighted by Crippen LogP contribution is 2.54. The molecule has 2 atom stereocenters. The van der Waals surface area contributed by atoms with Gasteiger partial charge in [0.1, 0.15) is 17.7 Å². The molecule has 2 aliphatic rings. The van der Waals surface area contributed by atoms with Crippen LogP contribution < -0.4 is 10.1 Å². The second kappa shape index (κ2) is 5.53. The van der Waals surface area contributed by atoms with Gasteiger partial charge in [-0.05, 0) is 31.5 Å². The lowest BCUT2D eigenvalue weighted by atomic mass is 9.60. The fraction of sp³-hybridized carbons (Fsp3) is 0.625. The van der Waals surface area contributed by atoms with Crippen molar-refractivity contribution in [1.82, 2.24) is 5.32 Å². The summed E-state index contributed by atoms with van der Waals surface area (Å²) in [5.41, 5.74) is 0.256. The zero-order valence-corrected chi connectivity index (χ0v) is 12.5. The molecular weight excluding hydrogens is 277 g/mol. The predicted molar refractivity (Wildman–Crippen MR) is 78.8 cm³/mol. The molecule has 1 N–H and O–H groups in total. The largest absolute Gasteiger partial charge is 0.490 e. The van der Waals surface area contributed by atoms with Gasteiger partial charge >= 0.3 is 0 Å². The number of halogens is 2. The van der Waals surface area contributed by atoms with Crippen LogP contribution in [0.2, 0.25) is 5.02 Å². The lowest BCUT2D eigenvalue weighted by Gasteiger charge is -2.54. The topological polar surface area (TPSA) is 21.3 Å². The van der Waals surface area contributed by atoms with Crippen molar-refractivity contribution in [3.8, 4) is 5.75 Å². The van der Waals surface area contributed by atoms with E-state index in [1.165, 1.54) is 31.7 Å². The summed E-state index contributed by atoms with van der Waals surface area (Å²) in [6.45, 7) is 3.14. The molecule has 1 aromatic rings. The molecule has 2 saturated carbocycles. The van der Waals surface area contributed by atoms with Gasteiger partial charge in [-0.1, -0.05) is 31.4 Å². The molecule has 20 heavy (non-hydrogen) atoms. The summed E-state index contributed by atoms with van der Waals surface area (Å²) < 4.78 is 19.6. The van der Waals surface area contributed by atoms with Crippen LogP contribution in [0.3, 0.4) is 0 Å². The molecule has 0 aromatic heterocycles. The van der Waals surface area contributed by atoms with E-state index in [4.69, 9.17) is 16.3 Å². The van der Waals surface area contributed by atoms with E-state index in [1.54, 1.807) is 12.1 Å². The molecule has 2 aliphatic carbocycles. The zero-order valence-electron chi connectivity index (χ0n) is 11.8. The van der Waals surface area contributed by atoms with Gasteiger partial charge in [0.2, 0.25) is 0 Å². The smallest absolute Gasteiger partial charge is 0.145 e. The van der Waals surface area contributed by atoms with E-state index in [2.05, 4.69) is 12.2 Å². The zero-order chi connectivity index (χ0) is 14.2. The standard InChI is InChI=1S/C16H21ClFNO/c1-2-19-14-10-15(16(14)7-3-4-8-16)20-11-5-6-12(17)13(18)9-11/h5-6,9,14-15,19H,2-4,7-8,10H2,1H3. The van der Waals surface area contributed by atoms with Gasteiger partial charge in [-0.15, -0.1) is 0 Å². The van der Waals surface area contributed by atoms with Crippen molar-refractivity contribution >= 4 is 11.6 Å². The second-order valence-corrected chi connectivity index (χ2v) is 6.38. The fourth-order valence-electron chi connectivity index (χ4n) is 3.86. The highest BCUT2D eigenvalue weighted by molar-refractivity contribution is 6.30. The van der Waals surface area contributed by atoms with Crippen LogP contribution in [0.15, 0.2) is 18.2 Å². The second-order valence-electron chi connectivity index (χ2n) is 5.97. The number of ether oxygens (including phenoxy) is 1. The maximum atomic E-state index is 13.5. The van der Waals surface area contributed by atoms with E-state index in [-0.39, 0.29) is 16.5 Å². The number of rotatable bonds is 4. The molecule has 2 nitrogen and oxygen atoms in total. The molecule has 2 unspecified atom stereocenters. The Kier molecular flexibility index (Phi) is 3.91. The maximum Gasteiger partial charge on any atom is 0.145 e. The van der Waals surface area contributed by atoms with Crippen molar-refractivity contribution in [2.75, 3.05) is 6.54 Å². The molecule has 0 amide bonds. The van der Waals surface area contributed by atoms with Gasteiger partial charge in [0.15, 0.2) is 0 Å². The van der Waals surface area contributed by atoms with Crippen LogP contribution in [0.5, 0.6) is 5.75 Å². The normalized spacial score (nSPS) is 27.6. The minimum Gasteiger partial charge on any atom is -0.490 e. The third-order valence-electron chi connectivity index (χ3n) is 4.94. The number of hydrogen-bond donors (Lipinski definition) is 1. The average molecular weight is 298 g/mol. The van der Waals surface area contributed by atoms with E-state index < -0.39 is 5.82 Å². The van der Waals surface area contributed by atoms with Crippen molar-refractivity contribution in [1.29, 1.82) is 0 Å². The van der Waals surface area contributed by atoms with Crippen molar-refractivity contribution in [3.63, 3.8) is 0 Å². The minimum absolute atomic E-state index is 0.145. The predicted octanol–water partition coefficient (Wildman–Crippen LogP) is 4.17. The van der Waals surface area contributed by atoms with E-state index in [0.29, 0.717) is 11.8 Å². The Labute approximate surface area is 124 Å². The molecule has 110 valence electrons. The Morgan fingerprint density at radius 3 is 2.80 bits per heavy atom.